The molecule has 0 bridgehead atoms. The van der Waals surface area contributed by atoms with Gasteiger partial charge in [0.25, 0.3) is 5.91 Å². The predicted octanol–water partition coefficient (Wildman–Crippen LogP) is 2.97. The molecule has 6 nitrogen and oxygen atoms in total. The van der Waals surface area contributed by atoms with Crippen molar-refractivity contribution in [1.29, 1.82) is 0 Å². The molecule has 1 fully saturated rings. The molecule has 0 radical (unpaired) electrons. The van der Waals surface area contributed by atoms with Gasteiger partial charge in [-0.15, -0.1) is 0 Å². The van der Waals surface area contributed by atoms with Crippen molar-refractivity contribution in [3.8, 4) is 5.69 Å². The summed E-state index contributed by atoms with van der Waals surface area (Å²) in [6.45, 7) is 4.44. The van der Waals surface area contributed by atoms with Crippen LogP contribution >= 0.6 is 0 Å². The molecular weight excluding hydrogens is 350 g/mol. The van der Waals surface area contributed by atoms with Gasteiger partial charge in [0.1, 0.15) is 0 Å². The van der Waals surface area contributed by atoms with Gasteiger partial charge in [0, 0.05) is 55.4 Å². The number of amides is 1. The van der Waals surface area contributed by atoms with Gasteiger partial charge in [-0.05, 0) is 43.5 Å². The first-order chi connectivity index (χ1) is 13.7. The van der Waals surface area contributed by atoms with Crippen molar-refractivity contribution in [2.45, 2.75) is 32.4 Å². The van der Waals surface area contributed by atoms with Gasteiger partial charge in [-0.2, -0.15) is 5.10 Å². The van der Waals surface area contributed by atoms with Crippen LogP contribution in [-0.2, 0) is 6.54 Å². The molecule has 6 heteroatoms. The van der Waals surface area contributed by atoms with Crippen molar-refractivity contribution in [2.24, 2.45) is 0 Å². The minimum absolute atomic E-state index is 0.0976. The maximum Gasteiger partial charge on any atom is 0.253 e. The fraction of sp³-hybridized carbons (Fsp3) is 0.318. The molecule has 144 valence electrons. The number of likely N-dealkylation sites (tertiary alicyclic amines) is 1. The van der Waals surface area contributed by atoms with E-state index in [4.69, 9.17) is 0 Å². The predicted molar refractivity (Wildman–Crippen MR) is 108 cm³/mol. The summed E-state index contributed by atoms with van der Waals surface area (Å²) in [5.41, 5.74) is 4.19. The molecular formula is C22H25N5O. The number of carbonyl (C=O) groups is 1. The summed E-state index contributed by atoms with van der Waals surface area (Å²) in [5.74, 6) is 0.0976. The van der Waals surface area contributed by atoms with E-state index < -0.39 is 0 Å². The van der Waals surface area contributed by atoms with E-state index in [9.17, 15) is 4.79 Å². The Labute approximate surface area is 165 Å². The molecule has 0 unspecified atom stereocenters. The van der Waals surface area contributed by atoms with E-state index >= 15 is 0 Å². The number of hydrogen-bond donors (Lipinski definition) is 1. The first-order valence-corrected chi connectivity index (χ1v) is 9.73. The lowest BCUT2D eigenvalue weighted by Gasteiger charge is -2.32. The fourth-order valence-corrected chi connectivity index (χ4v) is 3.63. The van der Waals surface area contributed by atoms with Crippen molar-refractivity contribution < 1.29 is 4.79 Å². The van der Waals surface area contributed by atoms with E-state index in [0.29, 0.717) is 11.6 Å². The van der Waals surface area contributed by atoms with E-state index in [1.165, 1.54) is 11.1 Å². The van der Waals surface area contributed by atoms with Gasteiger partial charge in [0.05, 0.1) is 11.9 Å². The van der Waals surface area contributed by atoms with E-state index in [2.05, 4.69) is 40.7 Å². The number of piperidine rings is 1. The molecule has 1 amide bonds. The number of hydrogen-bond acceptors (Lipinski definition) is 4. The van der Waals surface area contributed by atoms with E-state index in [1.807, 2.05) is 27.9 Å². The zero-order chi connectivity index (χ0) is 19.3. The van der Waals surface area contributed by atoms with Gasteiger partial charge >= 0.3 is 0 Å². The third-order valence-corrected chi connectivity index (χ3v) is 5.30. The normalized spacial score (nSPS) is 15.0. The van der Waals surface area contributed by atoms with Gasteiger partial charge in [-0.25, -0.2) is 4.68 Å². The van der Waals surface area contributed by atoms with Gasteiger partial charge < -0.3 is 10.2 Å². The second kappa shape index (κ2) is 8.35. The lowest BCUT2D eigenvalue weighted by atomic mass is 10.0. The molecule has 3 heterocycles. The van der Waals surface area contributed by atoms with Crippen LogP contribution in [-0.4, -0.2) is 44.7 Å². The smallest absolute Gasteiger partial charge is 0.253 e. The van der Waals surface area contributed by atoms with Crippen molar-refractivity contribution in [3.05, 3.63) is 77.9 Å². The quantitative estimate of drug-likeness (QED) is 0.745. The van der Waals surface area contributed by atoms with Crippen molar-refractivity contribution in [3.63, 3.8) is 0 Å². The number of pyridine rings is 1. The summed E-state index contributed by atoms with van der Waals surface area (Å²) in [7, 11) is 0. The summed E-state index contributed by atoms with van der Waals surface area (Å²) in [6.07, 6.45) is 9.25. The van der Waals surface area contributed by atoms with Crippen LogP contribution in [0.15, 0.2) is 61.2 Å². The summed E-state index contributed by atoms with van der Waals surface area (Å²) in [5, 5.41) is 8.11. The van der Waals surface area contributed by atoms with Gasteiger partial charge in [0.15, 0.2) is 0 Å². The summed E-state index contributed by atoms with van der Waals surface area (Å²) in [6, 6.07) is 12.2. The molecule has 1 N–H and O–H groups in total. The Morgan fingerprint density at radius 1 is 1.14 bits per heavy atom. The van der Waals surface area contributed by atoms with E-state index in [-0.39, 0.29) is 5.91 Å². The number of aromatic nitrogens is 3. The average Bonchev–Trinajstić information content (AvgIpc) is 3.22. The van der Waals surface area contributed by atoms with Crippen molar-refractivity contribution in [1.82, 2.24) is 25.0 Å². The lowest BCUT2D eigenvalue weighted by molar-refractivity contribution is 0.0704. The molecule has 1 aromatic carbocycles. The van der Waals surface area contributed by atoms with Crippen LogP contribution in [0.1, 0.15) is 34.3 Å². The maximum absolute atomic E-state index is 12.5. The molecule has 1 saturated heterocycles. The van der Waals surface area contributed by atoms with Gasteiger partial charge in [-0.1, -0.05) is 18.2 Å². The number of aryl methyl sites for hydroxylation is 1. The third-order valence-electron chi connectivity index (χ3n) is 5.30. The number of benzene rings is 1. The number of carbonyl (C=O) groups excluding carboxylic acids is 1. The largest absolute Gasteiger partial charge is 0.339 e. The van der Waals surface area contributed by atoms with Crippen LogP contribution < -0.4 is 5.32 Å². The Balaban J connectivity index is 1.28. The highest BCUT2D eigenvalue weighted by Gasteiger charge is 2.23. The highest BCUT2D eigenvalue weighted by molar-refractivity contribution is 5.94. The van der Waals surface area contributed by atoms with Crippen LogP contribution in [0.2, 0.25) is 0 Å². The molecule has 4 rings (SSSR count). The topological polar surface area (TPSA) is 63.1 Å². The first kappa shape index (κ1) is 18.4. The van der Waals surface area contributed by atoms with Gasteiger partial charge in [0.2, 0.25) is 0 Å². The molecule has 2 aromatic heterocycles. The maximum atomic E-state index is 12.5. The van der Waals surface area contributed by atoms with Crippen molar-refractivity contribution >= 4 is 5.91 Å². The molecule has 28 heavy (non-hydrogen) atoms. The van der Waals surface area contributed by atoms with Crippen LogP contribution in [0.3, 0.4) is 0 Å². The van der Waals surface area contributed by atoms with Gasteiger partial charge in [-0.3, -0.25) is 9.78 Å². The molecule has 0 saturated carbocycles. The molecule has 1 aliphatic rings. The minimum atomic E-state index is 0.0976. The minimum Gasteiger partial charge on any atom is -0.339 e. The number of para-hydroxylation sites is 1. The summed E-state index contributed by atoms with van der Waals surface area (Å²) < 4.78 is 1.93. The van der Waals surface area contributed by atoms with E-state index in [1.54, 1.807) is 24.5 Å². The Bertz CT molecular complexity index is 929. The molecule has 0 spiro atoms. The SMILES string of the molecule is Cc1ccccc1-n1cc(CNC2CCN(C(=O)c3ccncc3)CC2)cn1. The number of nitrogens with one attached hydrogen (secondary N) is 1. The Hall–Kier alpha value is -2.99. The highest BCUT2D eigenvalue weighted by Crippen LogP contribution is 2.16. The third kappa shape index (κ3) is 4.12. The Kier molecular flexibility index (Phi) is 5.48. The van der Waals surface area contributed by atoms with Crippen LogP contribution in [0, 0.1) is 6.92 Å². The Morgan fingerprint density at radius 2 is 1.89 bits per heavy atom. The van der Waals surface area contributed by atoms with Crippen LogP contribution in [0.25, 0.3) is 5.69 Å². The van der Waals surface area contributed by atoms with Crippen molar-refractivity contribution in [2.75, 3.05) is 13.1 Å². The second-order valence-electron chi connectivity index (χ2n) is 7.26. The Morgan fingerprint density at radius 3 is 2.64 bits per heavy atom. The zero-order valence-corrected chi connectivity index (χ0v) is 16.1. The van der Waals surface area contributed by atoms with Crippen LogP contribution in [0.5, 0.6) is 0 Å². The second-order valence-corrected chi connectivity index (χ2v) is 7.26. The first-order valence-electron chi connectivity index (χ1n) is 9.73. The molecule has 1 aliphatic heterocycles. The zero-order valence-electron chi connectivity index (χ0n) is 16.1. The number of nitrogens with zero attached hydrogens (tertiary/aromatic N) is 4. The standard InChI is InChI=1S/C22H25N5O/c1-17-4-2-3-5-21(17)27-16-18(15-25-27)14-24-20-8-12-26(13-9-20)22(28)19-6-10-23-11-7-19/h2-7,10-11,15-16,20,24H,8-9,12-14H2,1H3. The monoisotopic (exact) mass is 375 g/mol. The lowest BCUT2D eigenvalue weighted by Crippen LogP contribution is -2.44. The molecule has 0 atom stereocenters. The summed E-state index contributed by atoms with van der Waals surface area (Å²) in [4.78, 5) is 18.4. The number of rotatable bonds is 5. The highest BCUT2D eigenvalue weighted by atomic mass is 16.2. The molecule has 0 aliphatic carbocycles. The van der Waals surface area contributed by atoms with E-state index in [0.717, 1.165) is 38.2 Å². The average molecular weight is 375 g/mol. The van der Waals surface area contributed by atoms with Crippen LogP contribution in [0.4, 0.5) is 0 Å². The molecule has 3 aromatic rings. The summed E-state index contributed by atoms with van der Waals surface area (Å²) >= 11 is 0. The fourth-order valence-electron chi connectivity index (χ4n) is 3.63.